The van der Waals surface area contributed by atoms with Crippen LogP contribution in [0.2, 0.25) is 0 Å². The summed E-state index contributed by atoms with van der Waals surface area (Å²) in [5, 5.41) is 0.582. The maximum atomic E-state index is 13.2. The fourth-order valence-electron chi connectivity index (χ4n) is 4.54. The number of ether oxygens (including phenoxy) is 1. The SMILES string of the molecule is CCCC(=O)c1cn2c3c(cc(C#CN4CCN(C(=O)OC(C)(C)C)CC4)cc3c1=O)CCC2. The van der Waals surface area contributed by atoms with Gasteiger partial charge in [0.15, 0.2) is 11.2 Å². The molecule has 3 heterocycles. The Morgan fingerprint density at radius 1 is 1.09 bits per heavy atom. The van der Waals surface area contributed by atoms with E-state index in [1.165, 1.54) is 0 Å². The number of benzene rings is 1. The van der Waals surface area contributed by atoms with Gasteiger partial charge in [0.2, 0.25) is 0 Å². The number of amides is 1. The maximum Gasteiger partial charge on any atom is 0.410 e. The highest BCUT2D eigenvalue weighted by Crippen LogP contribution is 2.25. The first kappa shape index (κ1) is 23.9. The van der Waals surface area contributed by atoms with Gasteiger partial charge >= 0.3 is 6.09 Å². The largest absolute Gasteiger partial charge is 0.444 e. The molecular formula is C27H33N3O4. The third-order valence-electron chi connectivity index (χ3n) is 6.16. The van der Waals surface area contributed by atoms with Crippen LogP contribution in [0.1, 0.15) is 68.4 Å². The Morgan fingerprint density at radius 2 is 1.82 bits per heavy atom. The number of rotatable bonds is 3. The fourth-order valence-corrected chi connectivity index (χ4v) is 4.54. The van der Waals surface area contributed by atoms with Crippen molar-refractivity contribution >= 4 is 22.8 Å². The molecule has 0 atom stereocenters. The molecule has 1 fully saturated rings. The highest BCUT2D eigenvalue weighted by Gasteiger charge is 2.25. The van der Waals surface area contributed by atoms with E-state index in [9.17, 15) is 14.4 Å². The molecule has 7 nitrogen and oxygen atoms in total. The quantitative estimate of drug-likeness (QED) is 0.512. The molecule has 1 aromatic heterocycles. The lowest BCUT2D eigenvalue weighted by atomic mass is 9.96. The lowest BCUT2D eigenvalue weighted by Gasteiger charge is -2.33. The van der Waals surface area contributed by atoms with Crippen molar-refractivity contribution in [2.75, 3.05) is 26.2 Å². The normalized spacial score (nSPS) is 15.6. The number of carbonyl (C=O) groups is 2. The molecule has 2 aliphatic rings. The van der Waals surface area contributed by atoms with Gasteiger partial charge in [-0.15, -0.1) is 0 Å². The van der Waals surface area contributed by atoms with Gasteiger partial charge in [-0.1, -0.05) is 6.92 Å². The highest BCUT2D eigenvalue weighted by molar-refractivity contribution is 5.99. The minimum atomic E-state index is -0.510. The molecule has 2 aliphatic heterocycles. The Labute approximate surface area is 200 Å². The van der Waals surface area contributed by atoms with Crippen molar-refractivity contribution in [1.82, 2.24) is 14.4 Å². The van der Waals surface area contributed by atoms with Gasteiger partial charge in [-0.2, -0.15) is 0 Å². The number of hydrogen-bond acceptors (Lipinski definition) is 5. The van der Waals surface area contributed by atoms with Crippen LogP contribution in [0.3, 0.4) is 0 Å². The predicted octanol–water partition coefficient (Wildman–Crippen LogP) is 3.79. The minimum absolute atomic E-state index is 0.0929. The molecule has 180 valence electrons. The topological polar surface area (TPSA) is 71.8 Å². The predicted molar refractivity (Wildman–Crippen MR) is 132 cm³/mol. The molecule has 4 rings (SSSR count). The van der Waals surface area contributed by atoms with E-state index in [0.29, 0.717) is 44.4 Å². The van der Waals surface area contributed by atoms with Gasteiger partial charge in [-0.25, -0.2) is 4.79 Å². The summed E-state index contributed by atoms with van der Waals surface area (Å²) >= 11 is 0. The molecule has 0 bridgehead atoms. The Hall–Kier alpha value is -3.27. The van der Waals surface area contributed by atoms with Crippen LogP contribution in [0, 0.1) is 12.0 Å². The number of pyridine rings is 1. The van der Waals surface area contributed by atoms with Crippen molar-refractivity contribution in [2.24, 2.45) is 0 Å². The first-order valence-electron chi connectivity index (χ1n) is 12.1. The van der Waals surface area contributed by atoms with E-state index in [-0.39, 0.29) is 22.9 Å². The molecule has 0 unspecified atom stereocenters. The zero-order valence-electron chi connectivity index (χ0n) is 20.6. The summed E-state index contributed by atoms with van der Waals surface area (Å²) in [6.07, 6.45) is 4.41. The molecule has 0 aliphatic carbocycles. The van der Waals surface area contributed by atoms with Gasteiger partial charge in [0, 0.05) is 62.3 Å². The van der Waals surface area contributed by atoms with Gasteiger partial charge in [-0.05, 0) is 63.7 Å². The molecular weight excluding hydrogens is 430 g/mol. The maximum absolute atomic E-state index is 13.2. The number of nitrogens with zero attached hydrogens (tertiary/aromatic N) is 3. The van der Waals surface area contributed by atoms with E-state index in [1.807, 2.05) is 38.7 Å². The Balaban J connectivity index is 1.57. The van der Waals surface area contributed by atoms with Crippen molar-refractivity contribution in [2.45, 2.75) is 65.5 Å². The van der Waals surface area contributed by atoms with Gasteiger partial charge in [-0.3, -0.25) is 9.59 Å². The summed E-state index contributed by atoms with van der Waals surface area (Å²) in [7, 11) is 0. The lowest BCUT2D eigenvalue weighted by Crippen LogP contribution is -2.48. The molecule has 7 heteroatoms. The molecule has 0 saturated carbocycles. The lowest BCUT2D eigenvalue weighted by molar-refractivity contribution is 0.0182. The van der Waals surface area contributed by atoms with Crippen LogP contribution in [0.15, 0.2) is 23.1 Å². The van der Waals surface area contributed by atoms with Crippen LogP contribution in [-0.2, 0) is 17.7 Å². The number of piperazine rings is 1. The van der Waals surface area contributed by atoms with E-state index < -0.39 is 5.60 Å². The number of hydrogen-bond donors (Lipinski definition) is 0. The Kier molecular flexibility index (Phi) is 6.70. The molecule has 0 spiro atoms. The van der Waals surface area contributed by atoms with Crippen molar-refractivity contribution in [3.05, 3.63) is 45.2 Å². The average Bonchev–Trinajstić information content (AvgIpc) is 2.79. The minimum Gasteiger partial charge on any atom is -0.444 e. The summed E-state index contributed by atoms with van der Waals surface area (Å²) in [6, 6.07) is 7.09. The van der Waals surface area contributed by atoms with Crippen molar-refractivity contribution in [3.63, 3.8) is 0 Å². The monoisotopic (exact) mass is 463 g/mol. The first-order valence-corrected chi connectivity index (χ1v) is 12.1. The number of carbonyl (C=O) groups excluding carboxylic acids is 2. The second-order valence-electron chi connectivity index (χ2n) is 10.1. The molecule has 1 saturated heterocycles. The standard InChI is InChI=1S/C27H33N3O4/c1-5-7-23(31)22-18-30-10-6-8-20-16-19(17-21(24(20)30)25(22)32)9-11-28-12-14-29(15-13-28)26(33)34-27(2,3)4/h16-18H,5-8,10,12-15H2,1-4H3. The smallest absolute Gasteiger partial charge is 0.410 e. The third-order valence-corrected chi connectivity index (χ3v) is 6.16. The summed E-state index contributed by atoms with van der Waals surface area (Å²) in [6.45, 7) is 10.7. The van der Waals surface area contributed by atoms with Gasteiger partial charge < -0.3 is 19.1 Å². The summed E-state index contributed by atoms with van der Waals surface area (Å²) in [5.74, 6) is 3.12. The van der Waals surface area contributed by atoms with E-state index in [4.69, 9.17) is 4.74 Å². The number of ketones is 1. The molecule has 1 aromatic carbocycles. The fraction of sp³-hybridized carbons (Fsp3) is 0.519. The van der Waals surface area contributed by atoms with Crippen LogP contribution in [0.25, 0.3) is 10.9 Å². The molecule has 1 amide bonds. The van der Waals surface area contributed by atoms with E-state index in [0.717, 1.165) is 36.0 Å². The molecule has 0 N–H and O–H groups in total. The van der Waals surface area contributed by atoms with Crippen molar-refractivity contribution in [1.29, 1.82) is 0 Å². The summed E-state index contributed by atoms with van der Waals surface area (Å²) in [5.41, 5.74) is 2.40. The van der Waals surface area contributed by atoms with Crippen LogP contribution in [-0.4, -0.2) is 58.0 Å². The van der Waals surface area contributed by atoms with Gasteiger partial charge in [0.1, 0.15) is 5.60 Å². The second-order valence-corrected chi connectivity index (χ2v) is 10.1. The van der Waals surface area contributed by atoms with Crippen LogP contribution in [0.4, 0.5) is 4.79 Å². The molecule has 34 heavy (non-hydrogen) atoms. The number of aryl methyl sites for hydroxylation is 2. The average molecular weight is 464 g/mol. The molecule has 0 radical (unpaired) electrons. The number of aromatic nitrogens is 1. The highest BCUT2D eigenvalue weighted by atomic mass is 16.6. The van der Waals surface area contributed by atoms with E-state index in [2.05, 4.69) is 22.6 Å². The van der Waals surface area contributed by atoms with Crippen molar-refractivity contribution < 1.29 is 14.3 Å². The van der Waals surface area contributed by atoms with Crippen LogP contribution >= 0.6 is 0 Å². The second kappa shape index (κ2) is 9.54. The Morgan fingerprint density at radius 3 is 2.50 bits per heavy atom. The van der Waals surface area contributed by atoms with Crippen molar-refractivity contribution in [3.8, 4) is 12.0 Å². The summed E-state index contributed by atoms with van der Waals surface area (Å²) in [4.78, 5) is 41.7. The van der Waals surface area contributed by atoms with E-state index >= 15 is 0 Å². The van der Waals surface area contributed by atoms with Crippen LogP contribution < -0.4 is 5.43 Å². The summed E-state index contributed by atoms with van der Waals surface area (Å²) < 4.78 is 7.51. The molecule has 2 aromatic rings. The zero-order valence-corrected chi connectivity index (χ0v) is 20.6. The third kappa shape index (κ3) is 5.11. The first-order chi connectivity index (χ1) is 16.2. The van der Waals surface area contributed by atoms with E-state index in [1.54, 1.807) is 11.1 Å². The zero-order chi connectivity index (χ0) is 24.5. The van der Waals surface area contributed by atoms with Crippen LogP contribution in [0.5, 0.6) is 0 Å². The number of Topliss-reactive ketones (excluding diaryl/α,β-unsaturated/α-hetero) is 1. The Bertz CT molecular complexity index is 1230. The van der Waals surface area contributed by atoms with Gasteiger partial charge in [0.25, 0.3) is 0 Å². The van der Waals surface area contributed by atoms with Gasteiger partial charge in [0.05, 0.1) is 11.1 Å².